The van der Waals surface area contributed by atoms with Gasteiger partial charge in [0.05, 0.1) is 6.61 Å². The van der Waals surface area contributed by atoms with Gasteiger partial charge in [-0.25, -0.2) is 9.59 Å². The number of rotatable bonds is 17. The maximum absolute atomic E-state index is 13.7. The van der Waals surface area contributed by atoms with E-state index in [2.05, 4.69) is 16.0 Å². The second-order valence-electron chi connectivity index (χ2n) is 12.8. The molecule has 2 rings (SSSR count). The van der Waals surface area contributed by atoms with E-state index in [0.29, 0.717) is 6.42 Å². The third-order valence-corrected chi connectivity index (χ3v) is 6.59. The molecule has 46 heavy (non-hydrogen) atoms. The Morgan fingerprint density at radius 2 is 1.39 bits per heavy atom. The Kier molecular flexibility index (Phi) is 15.5. The van der Waals surface area contributed by atoms with Crippen LogP contribution >= 0.6 is 0 Å². The van der Waals surface area contributed by atoms with Crippen LogP contribution in [0, 0.1) is 11.3 Å². The van der Waals surface area contributed by atoms with Crippen molar-refractivity contribution in [2.24, 2.45) is 17.1 Å². The molecule has 2 aromatic carbocycles. The lowest BCUT2D eigenvalue weighted by Gasteiger charge is -2.25. The topological polar surface area (TPSA) is 166 Å². The Hall–Kier alpha value is -4.67. The van der Waals surface area contributed by atoms with E-state index in [1.165, 1.54) is 12.2 Å². The summed E-state index contributed by atoms with van der Waals surface area (Å²) in [7, 11) is 0. The molecular weight excluding hydrogens is 588 g/mol. The van der Waals surface area contributed by atoms with Crippen LogP contribution in [0.25, 0.3) is 0 Å². The molecule has 0 aliphatic rings. The van der Waals surface area contributed by atoms with Crippen molar-refractivity contribution in [1.29, 1.82) is 0 Å². The van der Waals surface area contributed by atoms with E-state index in [0.717, 1.165) is 11.1 Å². The molecule has 0 heterocycles. The lowest BCUT2D eigenvalue weighted by atomic mass is 9.99. The molecule has 11 heteroatoms. The monoisotopic (exact) mass is 636 g/mol. The van der Waals surface area contributed by atoms with Crippen molar-refractivity contribution < 1.29 is 33.4 Å². The molecule has 2 aromatic rings. The zero-order valence-corrected chi connectivity index (χ0v) is 27.4. The van der Waals surface area contributed by atoms with Gasteiger partial charge >= 0.3 is 12.1 Å². The van der Waals surface area contributed by atoms with Gasteiger partial charge in [-0.05, 0) is 35.3 Å². The predicted molar refractivity (Wildman–Crippen MR) is 175 cm³/mol. The fourth-order valence-electron chi connectivity index (χ4n) is 4.27. The number of carbonyl (C=O) groups excluding carboxylic acids is 5. The van der Waals surface area contributed by atoms with E-state index in [-0.39, 0.29) is 43.8 Å². The van der Waals surface area contributed by atoms with Gasteiger partial charge < -0.3 is 31.2 Å². The average Bonchev–Trinajstić information content (AvgIpc) is 3.00. The van der Waals surface area contributed by atoms with E-state index in [1.807, 2.05) is 95.3 Å². The first-order valence-corrected chi connectivity index (χ1v) is 15.5. The first kappa shape index (κ1) is 37.5. The number of carbonyl (C=O) groups is 5. The highest BCUT2D eigenvalue weighted by Crippen LogP contribution is 2.13. The summed E-state index contributed by atoms with van der Waals surface area (Å²) in [6.45, 7) is 9.83. The molecule has 0 aliphatic heterocycles. The number of benzene rings is 2. The molecular formula is C35H48N4O7. The molecule has 0 aromatic heterocycles. The molecule has 0 aliphatic carbocycles. The second kappa shape index (κ2) is 19.0. The van der Waals surface area contributed by atoms with Gasteiger partial charge in [0.2, 0.25) is 17.7 Å². The highest BCUT2D eigenvalue weighted by molar-refractivity contribution is 5.92. The van der Waals surface area contributed by atoms with Crippen molar-refractivity contribution in [3.05, 3.63) is 83.9 Å². The van der Waals surface area contributed by atoms with Crippen molar-refractivity contribution in [3.63, 3.8) is 0 Å². The van der Waals surface area contributed by atoms with E-state index in [4.69, 9.17) is 15.2 Å². The standard InChI is InChI=1S/C35H48N4O7/c1-24(2)20-28(39-34(44)45-22-26-14-10-7-11-15-26)33(43)38-29(21-25-12-8-6-9-13-25)32(42)37-27(16-18-30(36)40)17-19-31(41)46-23-35(3,4)5/h6-15,17,19,24,27-29H,16,18,20-23H2,1-5H3,(H2,36,40)(H,37,42)(H,38,43)(H,39,44)/b19-17+/t27-,28-,29-/m0/s1. The largest absolute Gasteiger partial charge is 0.462 e. The quantitative estimate of drug-likeness (QED) is 0.151. The first-order valence-electron chi connectivity index (χ1n) is 15.5. The summed E-state index contributed by atoms with van der Waals surface area (Å²) >= 11 is 0. The fraction of sp³-hybridized carbons (Fsp3) is 0.457. The summed E-state index contributed by atoms with van der Waals surface area (Å²) in [5.41, 5.74) is 6.70. The number of alkyl carbamates (subject to hydrolysis) is 1. The minimum absolute atomic E-state index is 0.0334. The Bertz CT molecular complexity index is 1310. The van der Waals surface area contributed by atoms with Crippen LogP contribution in [0.1, 0.15) is 65.0 Å². The van der Waals surface area contributed by atoms with Crippen molar-refractivity contribution in [1.82, 2.24) is 16.0 Å². The third kappa shape index (κ3) is 15.9. The highest BCUT2D eigenvalue weighted by Gasteiger charge is 2.29. The molecule has 250 valence electrons. The molecule has 0 saturated carbocycles. The van der Waals surface area contributed by atoms with Crippen molar-refractivity contribution in [2.45, 2.75) is 85.0 Å². The normalized spacial score (nSPS) is 13.3. The van der Waals surface area contributed by atoms with Crippen molar-refractivity contribution >= 4 is 29.8 Å². The number of nitrogens with one attached hydrogen (secondary N) is 3. The van der Waals surface area contributed by atoms with Crippen LogP contribution in [-0.2, 0) is 41.7 Å². The lowest BCUT2D eigenvalue weighted by molar-refractivity contribution is -0.140. The fourth-order valence-corrected chi connectivity index (χ4v) is 4.27. The third-order valence-electron chi connectivity index (χ3n) is 6.59. The average molecular weight is 637 g/mol. The minimum Gasteiger partial charge on any atom is -0.462 e. The minimum atomic E-state index is -1.05. The van der Waals surface area contributed by atoms with E-state index in [9.17, 15) is 24.0 Å². The maximum atomic E-state index is 13.7. The molecule has 0 bridgehead atoms. The molecule has 0 fully saturated rings. The molecule has 0 spiro atoms. The van der Waals surface area contributed by atoms with Gasteiger partial charge in [0.15, 0.2) is 0 Å². The molecule has 5 N–H and O–H groups in total. The number of amides is 4. The van der Waals surface area contributed by atoms with Gasteiger partial charge in [0.25, 0.3) is 0 Å². The summed E-state index contributed by atoms with van der Waals surface area (Å²) in [5.74, 6) is -2.23. The van der Waals surface area contributed by atoms with Crippen LogP contribution in [0.15, 0.2) is 72.8 Å². The summed E-state index contributed by atoms with van der Waals surface area (Å²) in [4.78, 5) is 63.7. The maximum Gasteiger partial charge on any atom is 0.408 e. The van der Waals surface area contributed by atoms with Crippen molar-refractivity contribution in [2.75, 3.05) is 6.61 Å². The predicted octanol–water partition coefficient (Wildman–Crippen LogP) is 3.95. The molecule has 0 unspecified atom stereocenters. The van der Waals surface area contributed by atoms with E-state index in [1.54, 1.807) is 0 Å². The Morgan fingerprint density at radius 3 is 1.96 bits per heavy atom. The van der Waals surface area contributed by atoms with Gasteiger partial charge in [-0.2, -0.15) is 0 Å². The lowest BCUT2D eigenvalue weighted by Crippen LogP contribution is -2.55. The number of nitrogens with two attached hydrogens (primary N) is 1. The zero-order chi connectivity index (χ0) is 34.1. The van der Waals surface area contributed by atoms with Crippen molar-refractivity contribution in [3.8, 4) is 0 Å². The summed E-state index contributed by atoms with van der Waals surface area (Å²) in [6, 6.07) is 15.5. The number of ether oxygens (including phenoxy) is 2. The smallest absolute Gasteiger partial charge is 0.408 e. The van der Waals surface area contributed by atoms with E-state index >= 15 is 0 Å². The zero-order valence-electron chi connectivity index (χ0n) is 27.4. The summed E-state index contributed by atoms with van der Waals surface area (Å²) < 4.78 is 10.6. The van der Waals surface area contributed by atoms with Crippen LogP contribution in [-0.4, -0.2) is 54.5 Å². The molecule has 4 amide bonds. The van der Waals surface area contributed by atoms with Gasteiger partial charge in [0.1, 0.15) is 18.7 Å². The molecule has 0 saturated heterocycles. The SMILES string of the molecule is CC(C)C[C@H](NC(=O)OCc1ccccc1)C(=O)N[C@@H](Cc1ccccc1)C(=O)N[C@H](/C=C/C(=O)OCC(C)(C)C)CCC(N)=O. The Labute approximate surface area is 271 Å². The summed E-state index contributed by atoms with van der Waals surface area (Å²) in [6.07, 6.45) is 2.40. The second-order valence-corrected chi connectivity index (χ2v) is 12.8. The molecule has 0 radical (unpaired) electrons. The molecule has 11 nitrogen and oxygen atoms in total. The number of hydrogen-bond donors (Lipinski definition) is 4. The first-order chi connectivity index (χ1) is 21.7. The van der Waals surface area contributed by atoms with Gasteiger partial charge in [-0.3, -0.25) is 14.4 Å². The summed E-state index contributed by atoms with van der Waals surface area (Å²) in [5, 5.41) is 8.25. The number of esters is 1. The molecule has 3 atom stereocenters. The highest BCUT2D eigenvalue weighted by atomic mass is 16.5. The van der Waals surface area contributed by atoms with Crippen LogP contribution < -0.4 is 21.7 Å². The Morgan fingerprint density at radius 1 is 0.804 bits per heavy atom. The van der Waals surface area contributed by atoms with Crippen LogP contribution in [0.3, 0.4) is 0 Å². The van der Waals surface area contributed by atoms with E-state index < -0.39 is 47.9 Å². The number of primary amides is 1. The van der Waals surface area contributed by atoms with Gasteiger partial charge in [0, 0.05) is 25.0 Å². The van der Waals surface area contributed by atoms with Crippen LogP contribution in [0.2, 0.25) is 0 Å². The van der Waals surface area contributed by atoms with Gasteiger partial charge in [-0.15, -0.1) is 0 Å². The van der Waals surface area contributed by atoms with Crippen LogP contribution in [0.5, 0.6) is 0 Å². The van der Waals surface area contributed by atoms with Crippen LogP contribution in [0.4, 0.5) is 4.79 Å². The Balaban J connectivity index is 2.21. The van der Waals surface area contributed by atoms with Gasteiger partial charge in [-0.1, -0.05) is 101 Å². The number of hydrogen-bond acceptors (Lipinski definition) is 7.